The molecule has 0 fully saturated rings. The van der Waals surface area contributed by atoms with Crippen LogP contribution < -0.4 is 11.2 Å². The standard InChI is InChI=1S/C19H19N3O2/c1-21(2)19(24)17-15(12-20)18(23)14-10-6-7-11-16(14)22(17)13-8-4-3-5-9-13/h3-11H,12,20H2,1-2H3. The van der Waals surface area contributed by atoms with E-state index in [1.54, 1.807) is 20.2 Å². The minimum Gasteiger partial charge on any atom is -0.343 e. The molecule has 0 aliphatic carbocycles. The highest BCUT2D eigenvalue weighted by Gasteiger charge is 2.23. The summed E-state index contributed by atoms with van der Waals surface area (Å²) in [5, 5.41) is 0.553. The Kier molecular flexibility index (Phi) is 4.18. The smallest absolute Gasteiger partial charge is 0.270 e. The van der Waals surface area contributed by atoms with Gasteiger partial charge in [-0.25, -0.2) is 0 Å². The summed E-state index contributed by atoms with van der Waals surface area (Å²) in [5.74, 6) is -0.248. The number of amides is 1. The van der Waals surface area contributed by atoms with E-state index in [0.717, 1.165) is 5.69 Å². The number of fused-ring (bicyclic) bond motifs is 1. The largest absolute Gasteiger partial charge is 0.343 e. The topological polar surface area (TPSA) is 68.3 Å². The summed E-state index contributed by atoms with van der Waals surface area (Å²) in [6, 6.07) is 16.8. The van der Waals surface area contributed by atoms with Crippen molar-refractivity contribution in [2.24, 2.45) is 5.73 Å². The molecule has 2 aromatic carbocycles. The second kappa shape index (κ2) is 6.29. The maximum absolute atomic E-state index is 12.8. The molecule has 3 rings (SSSR count). The zero-order chi connectivity index (χ0) is 17.3. The Balaban J connectivity index is 2.55. The predicted molar refractivity (Wildman–Crippen MR) is 95.5 cm³/mol. The molecule has 0 atom stereocenters. The maximum Gasteiger partial charge on any atom is 0.270 e. The summed E-state index contributed by atoms with van der Waals surface area (Å²) < 4.78 is 1.82. The molecular formula is C19H19N3O2. The Bertz CT molecular complexity index is 960. The first-order valence-electron chi connectivity index (χ1n) is 7.70. The summed E-state index contributed by atoms with van der Waals surface area (Å²) in [5.41, 5.74) is 7.81. The van der Waals surface area contributed by atoms with Gasteiger partial charge in [0.2, 0.25) is 0 Å². The van der Waals surface area contributed by atoms with E-state index < -0.39 is 0 Å². The third-order valence-corrected chi connectivity index (χ3v) is 4.00. The van der Waals surface area contributed by atoms with Crippen LogP contribution in [-0.4, -0.2) is 29.5 Å². The van der Waals surface area contributed by atoms with Gasteiger partial charge in [-0.05, 0) is 24.3 Å². The fourth-order valence-corrected chi connectivity index (χ4v) is 2.86. The summed E-state index contributed by atoms with van der Waals surface area (Å²) in [6.45, 7) is 0.00537. The Hall–Kier alpha value is -2.92. The number of para-hydroxylation sites is 2. The van der Waals surface area contributed by atoms with Crippen molar-refractivity contribution < 1.29 is 4.79 Å². The van der Waals surface area contributed by atoms with Crippen LogP contribution in [0.15, 0.2) is 59.4 Å². The number of nitrogens with two attached hydrogens (primary N) is 1. The number of carbonyl (C=O) groups excluding carboxylic acids is 1. The van der Waals surface area contributed by atoms with E-state index in [1.165, 1.54) is 4.90 Å². The molecule has 122 valence electrons. The number of nitrogens with zero attached hydrogens (tertiary/aromatic N) is 2. The van der Waals surface area contributed by atoms with Crippen molar-refractivity contribution in [2.75, 3.05) is 14.1 Å². The fraction of sp³-hybridized carbons (Fsp3) is 0.158. The maximum atomic E-state index is 12.8. The normalized spacial score (nSPS) is 10.8. The summed E-state index contributed by atoms with van der Waals surface area (Å²) in [6.07, 6.45) is 0. The van der Waals surface area contributed by atoms with Crippen LogP contribution in [0.4, 0.5) is 0 Å². The molecule has 5 heteroatoms. The zero-order valence-electron chi connectivity index (χ0n) is 13.7. The van der Waals surface area contributed by atoms with Crippen molar-refractivity contribution in [3.05, 3.63) is 76.1 Å². The van der Waals surface area contributed by atoms with E-state index in [0.29, 0.717) is 22.2 Å². The fourth-order valence-electron chi connectivity index (χ4n) is 2.86. The molecule has 1 amide bonds. The number of pyridine rings is 1. The molecule has 1 heterocycles. The van der Waals surface area contributed by atoms with E-state index in [2.05, 4.69) is 0 Å². The van der Waals surface area contributed by atoms with Gasteiger partial charge in [0, 0.05) is 37.3 Å². The van der Waals surface area contributed by atoms with Gasteiger partial charge in [-0.2, -0.15) is 0 Å². The van der Waals surface area contributed by atoms with Crippen molar-refractivity contribution in [2.45, 2.75) is 6.54 Å². The number of benzene rings is 2. The van der Waals surface area contributed by atoms with Crippen LogP contribution in [0.2, 0.25) is 0 Å². The molecule has 1 aromatic heterocycles. The van der Waals surface area contributed by atoms with Crippen molar-refractivity contribution in [1.29, 1.82) is 0 Å². The summed E-state index contributed by atoms with van der Waals surface area (Å²) in [4.78, 5) is 27.1. The molecular weight excluding hydrogens is 302 g/mol. The quantitative estimate of drug-likeness (QED) is 0.804. The average Bonchev–Trinajstić information content (AvgIpc) is 2.61. The first kappa shape index (κ1) is 16.0. The van der Waals surface area contributed by atoms with Crippen molar-refractivity contribution in [1.82, 2.24) is 9.47 Å². The van der Waals surface area contributed by atoms with E-state index in [4.69, 9.17) is 5.73 Å². The summed E-state index contributed by atoms with van der Waals surface area (Å²) >= 11 is 0. The monoisotopic (exact) mass is 321 g/mol. The summed E-state index contributed by atoms with van der Waals surface area (Å²) in [7, 11) is 3.33. The van der Waals surface area contributed by atoms with Gasteiger partial charge >= 0.3 is 0 Å². The molecule has 0 spiro atoms. The third kappa shape index (κ3) is 2.49. The van der Waals surface area contributed by atoms with Crippen molar-refractivity contribution >= 4 is 16.8 Å². The highest BCUT2D eigenvalue weighted by Crippen LogP contribution is 2.22. The van der Waals surface area contributed by atoms with Gasteiger partial charge in [-0.15, -0.1) is 0 Å². The second-order valence-electron chi connectivity index (χ2n) is 5.75. The Morgan fingerprint density at radius 1 is 1.04 bits per heavy atom. The number of rotatable bonds is 3. The van der Waals surface area contributed by atoms with Crippen LogP contribution in [-0.2, 0) is 6.54 Å². The molecule has 0 radical (unpaired) electrons. The molecule has 0 bridgehead atoms. The van der Waals surface area contributed by atoms with E-state index in [-0.39, 0.29) is 17.9 Å². The van der Waals surface area contributed by atoms with Crippen molar-refractivity contribution in [3.63, 3.8) is 0 Å². The van der Waals surface area contributed by atoms with Crippen LogP contribution in [0.3, 0.4) is 0 Å². The lowest BCUT2D eigenvalue weighted by Gasteiger charge is -2.21. The predicted octanol–water partition coefficient (Wildman–Crippen LogP) is 2.15. The van der Waals surface area contributed by atoms with Gasteiger partial charge < -0.3 is 15.2 Å². The molecule has 0 aliphatic heterocycles. The minimum atomic E-state index is -0.248. The number of hydrogen-bond donors (Lipinski definition) is 1. The third-order valence-electron chi connectivity index (χ3n) is 4.00. The highest BCUT2D eigenvalue weighted by molar-refractivity contribution is 5.98. The van der Waals surface area contributed by atoms with Crippen LogP contribution in [0.25, 0.3) is 16.6 Å². The Morgan fingerprint density at radius 3 is 2.29 bits per heavy atom. The van der Waals surface area contributed by atoms with Gasteiger partial charge in [0.15, 0.2) is 5.43 Å². The van der Waals surface area contributed by atoms with E-state index in [1.807, 2.05) is 53.1 Å². The van der Waals surface area contributed by atoms with Crippen LogP contribution in [0.5, 0.6) is 0 Å². The Labute approximate surface area is 139 Å². The van der Waals surface area contributed by atoms with Crippen LogP contribution in [0.1, 0.15) is 16.1 Å². The molecule has 0 aliphatic rings. The lowest BCUT2D eigenvalue weighted by atomic mass is 10.1. The molecule has 3 aromatic rings. The van der Waals surface area contributed by atoms with Crippen LogP contribution >= 0.6 is 0 Å². The average molecular weight is 321 g/mol. The molecule has 0 saturated heterocycles. The number of carbonyl (C=O) groups is 1. The van der Waals surface area contributed by atoms with Crippen LogP contribution in [0, 0.1) is 0 Å². The molecule has 0 unspecified atom stereocenters. The van der Waals surface area contributed by atoms with Gasteiger partial charge in [0.1, 0.15) is 5.69 Å². The second-order valence-corrected chi connectivity index (χ2v) is 5.75. The highest BCUT2D eigenvalue weighted by atomic mass is 16.2. The van der Waals surface area contributed by atoms with Gasteiger partial charge in [0.25, 0.3) is 5.91 Å². The minimum absolute atomic E-state index is 0.00537. The van der Waals surface area contributed by atoms with E-state index >= 15 is 0 Å². The lowest BCUT2D eigenvalue weighted by Crippen LogP contribution is -2.32. The van der Waals surface area contributed by atoms with Gasteiger partial charge in [-0.1, -0.05) is 30.3 Å². The molecule has 24 heavy (non-hydrogen) atoms. The SMILES string of the molecule is CN(C)C(=O)c1c(CN)c(=O)c2ccccc2n1-c1ccccc1. The van der Waals surface area contributed by atoms with Crippen molar-refractivity contribution in [3.8, 4) is 5.69 Å². The first-order chi connectivity index (χ1) is 11.6. The Morgan fingerprint density at radius 2 is 1.67 bits per heavy atom. The molecule has 5 nitrogen and oxygen atoms in total. The molecule has 0 saturated carbocycles. The zero-order valence-corrected chi connectivity index (χ0v) is 13.7. The molecule has 2 N–H and O–H groups in total. The van der Waals surface area contributed by atoms with E-state index in [9.17, 15) is 9.59 Å². The van der Waals surface area contributed by atoms with Gasteiger partial charge in [0.05, 0.1) is 5.52 Å². The van der Waals surface area contributed by atoms with Gasteiger partial charge in [-0.3, -0.25) is 9.59 Å². The first-order valence-corrected chi connectivity index (χ1v) is 7.70. The lowest BCUT2D eigenvalue weighted by molar-refractivity contribution is 0.0818. The number of aromatic nitrogens is 1. The number of hydrogen-bond acceptors (Lipinski definition) is 3.